The number of aryl methyl sites for hydroxylation is 1. The van der Waals surface area contributed by atoms with Crippen LogP contribution in [0, 0.1) is 13.8 Å². The second-order valence-corrected chi connectivity index (χ2v) is 3.21. The molecular weight excluding hydrogens is 206 g/mol. The van der Waals surface area contributed by atoms with Crippen LogP contribution in [0.5, 0.6) is 5.88 Å². The average Bonchev–Trinajstić information content (AvgIpc) is 1.99. The molecule has 0 saturated carbocycles. The van der Waals surface area contributed by atoms with Gasteiger partial charge in [-0.1, -0.05) is 15.9 Å². The summed E-state index contributed by atoms with van der Waals surface area (Å²) in [4.78, 5) is 4.20. The van der Waals surface area contributed by atoms with Gasteiger partial charge < -0.3 is 4.74 Å². The molecule has 0 spiro atoms. The van der Waals surface area contributed by atoms with E-state index in [1.165, 1.54) is 0 Å². The minimum absolute atomic E-state index is 0.653. The molecular formula is C8H10BrNO. The third-order valence-corrected chi connectivity index (χ3v) is 2.46. The third-order valence-electron chi connectivity index (χ3n) is 1.64. The molecule has 1 heterocycles. The van der Waals surface area contributed by atoms with Crippen LogP contribution in [0.2, 0.25) is 0 Å². The number of pyridine rings is 1. The lowest BCUT2D eigenvalue weighted by Crippen LogP contribution is -1.93. The Morgan fingerprint density at radius 3 is 2.55 bits per heavy atom. The fourth-order valence-corrected chi connectivity index (χ4v) is 1.26. The Kier molecular flexibility index (Phi) is 2.49. The highest BCUT2D eigenvalue weighted by molar-refractivity contribution is 9.10. The summed E-state index contributed by atoms with van der Waals surface area (Å²) >= 11 is 3.42. The molecule has 1 aromatic rings. The Balaban J connectivity index is 3.21. The van der Waals surface area contributed by atoms with Crippen molar-refractivity contribution in [3.8, 4) is 5.88 Å². The SMILES string of the molecule is COc1cc(Br)c(C)c(C)n1. The first-order valence-electron chi connectivity index (χ1n) is 3.33. The lowest BCUT2D eigenvalue weighted by molar-refractivity contribution is 0.396. The molecule has 0 fully saturated rings. The Hall–Kier alpha value is -0.570. The van der Waals surface area contributed by atoms with Gasteiger partial charge in [0, 0.05) is 16.2 Å². The van der Waals surface area contributed by atoms with Gasteiger partial charge in [-0.3, -0.25) is 0 Å². The highest BCUT2D eigenvalue weighted by Crippen LogP contribution is 2.22. The molecule has 0 bridgehead atoms. The molecule has 60 valence electrons. The Bertz CT molecular complexity index is 250. The van der Waals surface area contributed by atoms with Crippen LogP contribution in [0.3, 0.4) is 0 Å². The van der Waals surface area contributed by atoms with Crippen molar-refractivity contribution in [1.29, 1.82) is 0 Å². The molecule has 0 aromatic carbocycles. The van der Waals surface area contributed by atoms with E-state index < -0.39 is 0 Å². The fourth-order valence-electron chi connectivity index (χ4n) is 0.775. The highest BCUT2D eigenvalue weighted by atomic mass is 79.9. The molecule has 0 aliphatic rings. The number of rotatable bonds is 1. The van der Waals surface area contributed by atoms with Crippen LogP contribution in [0.4, 0.5) is 0 Å². The van der Waals surface area contributed by atoms with E-state index in [9.17, 15) is 0 Å². The zero-order valence-corrected chi connectivity index (χ0v) is 8.40. The van der Waals surface area contributed by atoms with E-state index in [2.05, 4.69) is 20.9 Å². The number of hydrogen-bond donors (Lipinski definition) is 0. The first-order chi connectivity index (χ1) is 5.15. The maximum absolute atomic E-state index is 4.99. The summed E-state index contributed by atoms with van der Waals surface area (Å²) in [6, 6.07) is 1.86. The fraction of sp³-hybridized carbons (Fsp3) is 0.375. The predicted octanol–water partition coefficient (Wildman–Crippen LogP) is 2.47. The normalized spacial score (nSPS) is 9.82. The van der Waals surface area contributed by atoms with Crippen LogP contribution in [0.1, 0.15) is 11.3 Å². The molecule has 11 heavy (non-hydrogen) atoms. The number of halogens is 1. The van der Waals surface area contributed by atoms with Crippen LogP contribution in [0.25, 0.3) is 0 Å². The average molecular weight is 216 g/mol. The summed E-state index contributed by atoms with van der Waals surface area (Å²) in [5.74, 6) is 0.653. The van der Waals surface area contributed by atoms with E-state index in [0.29, 0.717) is 5.88 Å². The van der Waals surface area contributed by atoms with Crippen molar-refractivity contribution < 1.29 is 4.74 Å². The number of methoxy groups -OCH3 is 1. The quantitative estimate of drug-likeness (QED) is 0.719. The van der Waals surface area contributed by atoms with Crippen molar-refractivity contribution >= 4 is 15.9 Å². The van der Waals surface area contributed by atoms with Gasteiger partial charge in [0.25, 0.3) is 0 Å². The molecule has 1 aromatic heterocycles. The molecule has 0 saturated heterocycles. The van der Waals surface area contributed by atoms with Crippen LogP contribution in [-0.2, 0) is 0 Å². The molecule has 0 unspecified atom stereocenters. The molecule has 1 rings (SSSR count). The Labute approximate surface area is 74.7 Å². The van der Waals surface area contributed by atoms with E-state index in [1.807, 2.05) is 19.9 Å². The molecule has 0 atom stereocenters. The predicted molar refractivity (Wildman–Crippen MR) is 48.0 cm³/mol. The maximum atomic E-state index is 4.99. The Morgan fingerprint density at radius 2 is 2.09 bits per heavy atom. The van der Waals surface area contributed by atoms with Crippen molar-refractivity contribution in [3.63, 3.8) is 0 Å². The molecule has 0 N–H and O–H groups in total. The summed E-state index contributed by atoms with van der Waals surface area (Å²) < 4.78 is 6.03. The summed E-state index contributed by atoms with van der Waals surface area (Å²) in [7, 11) is 1.61. The second-order valence-electron chi connectivity index (χ2n) is 2.36. The minimum atomic E-state index is 0.653. The smallest absolute Gasteiger partial charge is 0.214 e. The van der Waals surface area contributed by atoms with Gasteiger partial charge in [0.1, 0.15) is 0 Å². The molecule has 0 amide bonds. The van der Waals surface area contributed by atoms with Gasteiger partial charge in [0.15, 0.2) is 0 Å². The third kappa shape index (κ3) is 1.71. The molecule has 0 radical (unpaired) electrons. The van der Waals surface area contributed by atoms with Gasteiger partial charge in [0.2, 0.25) is 5.88 Å². The van der Waals surface area contributed by atoms with E-state index in [-0.39, 0.29) is 0 Å². The van der Waals surface area contributed by atoms with E-state index in [1.54, 1.807) is 7.11 Å². The number of hydrogen-bond acceptors (Lipinski definition) is 2. The number of aromatic nitrogens is 1. The summed E-state index contributed by atoms with van der Waals surface area (Å²) in [6.07, 6.45) is 0. The highest BCUT2D eigenvalue weighted by Gasteiger charge is 2.02. The number of nitrogens with zero attached hydrogens (tertiary/aromatic N) is 1. The Morgan fingerprint density at radius 1 is 1.45 bits per heavy atom. The molecule has 0 aliphatic heterocycles. The minimum Gasteiger partial charge on any atom is -0.481 e. The van der Waals surface area contributed by atoms with Crippen LogP contribution in [0.15, 0.2) is 10.5 Å². The summed E-state index contributed by atoms with van der Waals surface area (Å²) in [5, 5.41) is 0. The van der Waals surface area contributed by atoms with Gasteiger partial charge in [-0.2, -0.15) is 0 Å². The van der Waals surface area contributed by atoms with E-state index in [0.717, 1.165) is 15.7 Å². The second kappa shape index (κ2) is 3.22. The molecule has 3 heteroatoms. The van der Waals surface area contributed by atoms with Crippen molar-refractivity contribution in [2.45, 2.75) is 13.8 Å². The van der Waals surface area contributed by atoms with Crippen molar-refractivity contribution in [3.05, 3.63) is 21.8 Å². The topological polar surface area (TPSA) is 22.1 Å². The van der Waals surface area contributed by atoms with Crippen LogP contribution in [-0.4, -0.2) is 12.1 Å². The first-order valence-corrected chi connectivity index (χ1v) is 4.12. The van der Waals surface area contributed by atoms with Gasteiger partial charge in [-0.05, 0) is 19.4 Å². The monoisotopic (exact) mass is 215 g/mol. The summed E-state index contributed by atoms with van der Waals surface area (Å²) in [5.41, 5.74) is 2.15. The van der Waals surface area contributed by atoms with Gasteiger partial charge in [-0.15, -0.1) is 0 Å². The van der Waals surface area contributed by atoms with Crippen LogP contribution >= 0.6 is 15.9 Å². The lowest BCUT2D eigenvalue weighted by atomic mass is 10.2. The van der Waals surface area contributed by atoms with Gasteiger partial charge in [0.05, 0.1) is 7.11 Å². The molecule has 2 nitrogen and oxygen atoms in total. The largest absolute Gasteiger partial charge is 0.481 e. The van der Waals surface area contributed by atoms with E-state index in [4.69, 9.17) is 4.74 Å². The van der Waals surface area contributed by atoms with Crippen molar-refractivity contribution in [1.82, 2.24) is 4.98 Å². The van der Waals surface area contributed by atoms with Gasteiger partial charge >= 0.3 is 0 Å². The van der Waals surface area contributed by atoms with Crippen molar-refractivity contribution in [2.75, 3.05) is 7.11 Å². The number of ether oxygens (including phenoxy) is 1. The first kappa shape index (κ1) is 8.53. The lowest BCUT2D eigenvalue weighted by Gasteiger charge is -2.04. The van der Waals surface area contributed by atoms with E-state index >= 15 is 0 Å². The maximum Gasteiger partial charge on any atom is 0.214 e. The standard InChI is InChI=1S/C8H10BrNO/c1-5-6(2)10-8(11-3)4-7(5)9/h4H,1-3H3. The zero-order chi connectivity index (χ0) is 8.43. The van der Waals surface area contributed by atoms with Crippen molar-refractivity contribution in [2.24, 2.45) is 0 Å². The van der Waals surface area contributed by atoms with Gasteiger partial charge in [-0.25, -0.2) is 4.98 Å². The zero-order valence-electron chi connectivity index (χ0n) is 6.81. The van der Waals surface area contributed by atoms with Crippen LogP contribution < -0.4 is 4.74 Å². The molecule has 0 aliphatic carbocycles. The summed E-state index contributed by atoms with van der Waals surface area (Å²) in [6.45, 7) is 3.98.